The molecule has 31 heavy (non-hydrogen) atoms. The Hall–Kier alpha value is -3.23. The van der Waals surface area contributed by atoms with E-state index >= 15 is 0 Å². The highest BCUT2D eigenvalue weighted by atomic mass is 19.4. The third-order valence-electron chi connectivity index (χ3n) is 5.41. The number of alkyl halides is 3. The lowest BCUT2D eigenvalue weighted by molar-refractivity contribution is -0.137. The minimum Gasteiger partial charge on any atom is -0.486 e. The number of fused-ring (bicyclic) bond motifs is 1. The minimum atomic E-state index is -4.46. The number of anilines is 1. The van der Waals surface area contributed by atoms with E-state index in [9.17, 15) is 22.8 Å². The number of benzene rings is 2. The van der Waals surface area contributed by atoms with Crippen LogP contribution in [0.15, 0.2) is 42.5 Å². The maximum Gasteiger partial charge on any atom is 0.416 e. The molecule has 2 aliphatic heterocycles. The van der Waals surface area contributed by atoms with E-state index in [1.807, 2.05) is 0 Å². The first-order valence-corrected chi connectivity index (χ1v) is 9.90. The Morgan fingerprint density at radius 2 is 1.87 bits per heavy atom. The number of amides is 2. The third-order valence-corrected chi connectivity index (χ3v) is 5.41. The second kappa shape index (κ2) is 8.13. The van der Waals surface area contributed by atoms with Crippen LogP contribution < -0.4 is 19.7 Å². The van der Waals surface area contributed by atoms with Crippen LogP contribution in [0.5, 0.6) is 11.5 Å². The molecule has 2 aliphatic rings. The summed E-state index contributed by atoms with van der Waals surface area (Å²) in [6.07, 6.45) is -4.43. The Morgan fingerprint density at radius 1 is 1.13 bits per heavy atom. The van der Waals surface area contributed by atoms with Gasteiger partial charge in [-0.15, -0.1) is 0 Å². The molecule has 0 saturated carbocycles. The zero-order valence-corrected chi connectivity index (χ0v) is 16.7. The summed E-state index contributed by atoms with van der Waals surface area (Å²) in [6, 6.07) is 9.37. The monoisotopic (exact) mass is 434 g/mol. The fourth-order valence-corrected chi connectivity index (χ4v) is 3.73. The molecule has 2 aromatic rings. The molecule has 2 amide bonds. The summed E-state index contributed by atoms with van der Waals surface area (Å²) < 4.78 is 49.9. The second-order valence-electron chi connectivity index (χ2n) is 7.59. The number of halogens is 3. The zero-order valence-electron chi connectivity index (χ0n) is 16.7. The van der Waals surface area contributed by atoms with Crippen LogP contribution in [-0.4, -0.2) is 31.6 Å². The summed E-state index contributed by atoms with van der Waals surface area (Å²) in [4.78, 5) is 26.7. The first kappa shape index (κ1) is 21.0. The zero-order chi connectivity index (χ0) is 22.2. The van der Waals surface area contributed by atoms with Gasteiger partial charge >= 0.3 is 6.18 Å². The molecule has 1 N–H and O–H groups in total. The smallest absolute Gasteiger partial charge is 0.416 e. The van der Waals surface area contributed by atoms with E-state index in [2.05, 4.69) is 5.32 Å². The number of nitrogens with zero attached hydrogens (tertiary/aromatic N) is 1. The molecule has 0 aromatic heterocycles. The van der Waals surface area contributed by atoms with Gasteiger partial charge in [-0.3, -0.25) is 9.59 Å². The molecule has 164 valence electrons. The Labute approximate surface area is 176 Å². The van der Waals surface area contributed by atoms with E-state index in [4.69, 9.17) is 9.47 Å². The van der Waals surface area contributed by atoms with Crippen molar-refractivity contribution >= 4 is 17.5 Å². The van der Waals surface area contributed by atoms with E-state index < -0.39 is 23.7 Å². The number of carbonyl (C=O) groups is 2. The van der Waals surface area contributed by atoms with Crippen LogP contribution in [0.2, 0.25) is 0 Å². The first-order chi connectivity index (χ1) is 14.7. The van der Waals surface area contributed by atoms with E-state index in [1.165, 1.54) is 17.0 Å². The average Bonchev–Trinajstić information content (AvgIpc) is 3.14. The van der Waals surface area contributed by atoms with Crippen LogP contribution in [0, 0.1) is 5.92 Å². The number of nitrogens with one attached hydrogen (secondary N) is 1. The molecule has 0 radical (unpaired) electrons. The summed E-state index contributed by atoms with van der Waals surface area (Å²) in [5.74, 6) is -0.0377. The quantitative estimate of drug-likeness (QED) is 0.797. The molecule has 9 heteroatoms. The van der Waals surface area contributed by atoms with Crippen molar-refractivity contribution in [3.05, 3.63) is 53.6 Å². The molecule has 0 spiro atoms. The number of rotatable bonds is 4. The molecule has 0 bridgehead atoms. The predicted octanol–water partition coefficient (Wildman–Crippen LogP) is 3.71. The molecular formula is C22H21F3N2O4. The summed E-state index contributed by atoms with van der Waals surface area (Å²) in [5.41, 5.74) is 0.179. The predicted molar refractivity (Wildman–Crippen MR) is 106 cm³/mol. The van der Waals surface area contributed by atoms with Gasteiger partial charge in [-0.1, -0.05) is 12.1 Å². The topological polar surface area (TPSA) is 67.9 Å². The van der Waals surface area contributed by atoms with Crippen molar-refractivity contribution in [1.82, 2.24) is 5.32 Å². The second-order valence-corrected chi connectivity index (χ2v) is 7.59. The molecule has 2 heterocycles. The van der Waals surface area contributed by atoms with Gasteiger partial charge in [0.05, 0.1) is 17.5 Å². The van der Waals surface area contributed by atoms with Crippen LogP contribution in [0.25, 0.3) is 0 Å². The van der Waals surface area contributed by atoms with Gasteiger partial charge in [0.25, 0.3) is 0 Å². The van der Waals surface area contributed by atoms with Crippen molar-refractivity contribution in [3.8, 4) is 11.5 Å². The van der Waals surface area contributed by atoms with Crippen molar-refractivity contribution in [2.75, 3.05) is 24.7 Å². The van der Waals surface area contributed by atoms with Gasteiger partial charge in [0, 0.05) is 24.7 Å². The molecular weight excluding hydrogens is 413 g/mol. The largest absolute Gasteiger partial charge is 0.486 e. The Morgan fingerprint density at radius 3 is 2.61 bits per heavy atom. The highest BCUT2D eigenvalue weighted by Gasteiger charge is 2.36. The van der Waals surface area contributed by atoms with Crippen LogP contribution in [0.4, 0.5) is 18.9 Å². The van der Waals surface area contributed by atoms with Crippen molar-refractivity contribution < 1.29 is 32.2 Å². The number of hydrogen-bond acceptors (Lipinski definition) is 4. The lowest BCUT2D eigenvalue weighted by Gasteiger charge is -2.22. The van der Waals surface area contributed by atoms with Crippen molar-refractivity contribution in [1.29, 1.82) is 0 Å². The molecule has 6 nitrogen and oxygen atoms in total. The van der Waals surface area contributed by atoms with Gasteiger partial charge in [-0.25, -0.2) is 0 Å². The number of hydrogen-bond donors (Lipinski definition) is 1. The molecule has 1 fully saturated rings. The Bertz CT molecular complexity index is 1010. The Balaban J connectivity index is 1.43. The van der Waals surface area contributed by atoms with Gasteiger partial charge in [-0.05, 0) is 36.8 Å². The van der Waals surface area contributed by atoms with E-state index in [-0.39, 0.29) is 24.8 Å². The van der Waals surface area contributed by atoms with Gasteiger partial charge in [-0.2, -0.15) is 13.2 Å². The number of ether oxygens (including phenoxy) is 2. The lowest BCUT2D eigenvalue weighted by atomic mass is 10.0. The van der Waals surface area contributed by atoms with Crippen LogP contribution in [0.1, 0.15) is 30.5 Å². The average molecular weight is 434 g/mol. The minimum absolute atomic E-state index is 0.0234. The third kappa shape index (κ3) is 4.45. The van der Waals surface area contributed by atoms with E-state index in [0.717, 1.165) is 12.1 Å². The van der Waals surface area contributed by atoms with Crippen LogP contribution in [0.3, 0.4) is 0 Å². The van der Waals surface area contributed by atoms with Gasteiger partial charge in [0.2, 0.25) is 11.8 Å². The SMILES string of the molecule is CC(NC(=O)C1CC(=O)N(c2ccc3c(c2)OCCO3)C1)c1cccc(C(F)(F)F)c1. The Kier molecular flexibility index (Phi) is 5.51. The van der Waals surface area contributed by atoms with E-state index in [0.29, 0.717) is 36.0 Å². The van der Waals surface area contributed by atoms with Gasteiger partial charge < -0.3 is 19.7 Å². The maximum absolute atomic E-state index is 12.9. The molecule has 4 rings (SSSR count). The highest BCUT2D eigenvalue weighted by Crippen LogP contribution is 2.36. The molecule has 2 unspecified atom stereocenters. The standard InChI is InChI=1S/C22H21F3N2O4/c1-13(14-3-2-4-16(9-14)22(23,24)25)26-21(29)15-10-20(28)27(12-15)17-5-6-18-19(11-17)31-8-7-30-18/h2-6,9,11,13,15H,7-8,10,12H2,1H3,(H,26,29). The van der Waals surface area contributed by atoms with Crippen molar-refractivity contribution in [2.45, 2.75) is 25.6 Å². The van der Waals surface area contributed by atoms with Gasteiger partial charge in [0.15, 0.2) is 11.5 Å². The fourth-order valence-electron chi connectivity index (χ4n) is 3.73. The first-order valence-electron chi connectivity index (χ1n) is 9.90. The molecule has 1 saturated heterocycles. The van der Waals surface area contributed by atoms with Crippen molar-refractivity contribution in [2.24, 2.45) is 5.92 Å². The highest BCUT2D eigenvalue weighted by molar-refractivity contribution is 6.00. The van der Waals surface area contributed by atoms with Crippen molar-refractivity contribution in [3.63, 3.8) is 0 Å². The molecule has 2 aromatic carbocycles. The fraction of sp³-hybridized carbons (Fsp3) is 0.364. The van der Waals surface area contributed by atoms with Gasteiger partial charge in [0.1, 0.15) is 13.2 Å². The maximum atomic E-state index is 12.9. The normalized spacial score (nSPS) is 19.3. The lowest BCUT2D eigenvalue weighted by Crippen LogP contribution is -2.34. The molecule has 0 aliphatic carbocycles. The van der Waals surface area contributed by atoms with Crippen LogP contribution in [-0.2, 0) is 15.8 Å². The number of carbonyl (C=O) groups excluding carboxylic acids is 2. The summed E-state index contributed by atoms with van der Waals surface area (Å²) in [7, 11) is 0. The summed E-state index contributed by atoms with van der Waals surface area (Å²) in [6.45, 7) is 2.67. The summed E-state index contributed by atoms with van der Waals surface area (Å²) in [5, 5.41) is 2.73. The summed E-state index contributed by atoms with van der Waals surface area (Å²) >= 11 is 0. The van der Waals surface area contributed by atoms with E-state index in [1.54, 1.807) is 25.1 Å². The molecule has 2 atom stereocenters. The van der Waals surface area contributed by atoms with Crippen LogP contribution >= 0.6 is 0 Å².